The predicted molar refractivity (Wildman–Crippen MR) is 53.0 cm³/mol. The fourth-order valence-electron chi connectivity index (χ4n) is 1.52. The molecule has 0 saturated carbocycles. The van der Waals surface area contributed by atoms with Crippen LogP contribution in [0, 0.1) is 0 Å². The molecule has 1 unspecified atom stereocenters. The van der Waals surface area contributed by atoms with Gasteiger partial charge in [0.05, 0.1) is 25.2 Å². The summed E-state index contributed by atoms with van der Waals surface area (Å²) in [5, 5.41) is 6.63. The molecule has 4 nitrogen and oxygen atoms in total. The zero-order chi connectivity index (χ0) is 9.64. The molecule has 1 aliphatic rings. The van der Waals surface area contributed by atoms with Crippen LogP contribution < -0.4 is 10.6 Å². The fourth-order valence-corrected chi connectivity index (χ4v) is 1.52. The van der Waals surface area contributed by atoms with Crippen LogP contribution in [0.25, 0.3) is 0 Å². The van der Waals surface area contributed by atoms with Crippen LogP contribution in [0.5, 0.6) is 0 Å². The second kappa shape index (κ2) is 5.14. The third-order valence-corrected chi connectivity index (χ3v) is 2.29. The third-order valence-electron chi connectivity index (χ3n) is 2.29. The average molecular weight is 196 g/mol. The van der Waals surface area contributed by atoms with Crippen LogP contribution in [0.15, 0.2) is 23.0 Å². The molecule has 0 aliphatic carbocycles. The molecule has 1 fully saturated rings. The Hall–Kier alpha value is -0.840. The lowest BCUT2D eigenvalue weighted by molar-refractivity contribution is 0.0290. The highest BCUT2D eigenvalue weighted by Gasteiger charge is 2.12. The van der Waals surface area contributed by atoms with Gasteiger partial charge in [-0.1, -0.05) is 0 Å². The number of hydrogen-bond acceptors (Lipinski definition) is 4. The highest BCUT2D eigenvalue weighted by molar-refractivity contribution is 5.04. The summed E-state index contributed by atoms with van der Waals surface area (Å²) < 4.78 is 10.5. The Morgan fingerprint density at radius 2 is 2.57 bits per heavy atom. The number of ether oxygens (including phenoxy) is 1. The molecule has 1 atom stereocenters. The van der Waals surface area contributed by atoms with Gasteiger partial charge < -0.3 is 19.8 Å². The Bertz CT molecular complexity index is 243. The zero-order valence-electron chi connectivity index (χ0n) is 8.16. The van der Waals surface area contributed by atoms with E-state index in [1.165, 1.54) is 5.56 Å². The van der Waals surface area contributed by atoms with Crippen LogP contribution in [0.1, 0.15) is 5.56 Å². The van der Waals surface area contributed by atoms with Gasteiger partial charge in [-0.25, -0.2) is 0 Å². The van der Waals surface area contributed by atoms with Crippen LogP contribution >= 0.6 is 0 Å². The van der Waals surface area contributed by atoms with E-state index >= 15 is 0 Å². The maximum Gasteiger partial charge on any atom is 0.0947 e. The molecular formula is C10H16N2O2. The van der Waals surface area contributed by atoms with E-state index in [1.807, 2.05) is 6.07 Å². The minimum atomic E-state index is 0.302. The molecule has 4 heteroatoms. The Labute approximate surface area is 83.6 Å². The van der Waals surface area contributed by atoms with Crippen molar-refractivity contribution in [2.24, 2.45) is 0 Å². The van der Waals surface area contributed by atoms with Gasteiger partial charge in [-0.2, -0.15) is 0 Å². The Morgan fingerprint density at radius 3 is 3.29 bits per heavy atom. The predicted octanol–water partition coefficient (Wildman–Crippen LogP) is 0.358. The van der Waals surface area contributed by atoms with Gasteiger partial charge in [-0.3, -0.25) is 0 Å². The van der Waals surface area contributed by atoms with Crippen molar-refractivity contribution in [3.05, 3.63) is 24.2 Å². The largest absolute Gasteiger partial charge is 0.472 e. The number of rotatable bonds is 4. The van der Waals surface area contributed by atoms with Crippen molar-refractivity contribution in [2.45, 2.75) is 12.6 Å². The SMILES string of the molecule is c1cc(CNCC2CNCCO2)co1. The zero-order valence-corrected chi connectivity index (χ0v) is 8.16. The molecular weight excluding hydrogens is 180 g/mol. The van der Waals surface area contributed by atoms with E-state index < -0.39 is 0 Å². The van der Waals surface area contributed by atoms with Crippen LogP contribution in [-0.4, -0.2) is 32.3 Å². The van der Waals surface area contributed by atoms with Gasteiger partial charge in [0, 0.05) is 31.7 Å². The standard InChI is InChI=1S/C10H16N2O2/c1-3-13-8-9(1)5-12-7-10-6-11-2-4-14-10/h1,3,8,10-12H,2,4-7H2. The summed E-state index contributed by atoms with van der Waals surface area (Å²) in [4.78, 5) is 0. The molecule has 0 radical (unpaired) electrons. The Balaban J connectivity index is 1.62. The smallest absolute Gasteiger partial charge is 0.0947 e. The van der Waals surface area contributed by atoms with Crippen molar-refractivity contribution in [2.75, 3.05) is 26.2 Å². The highest BCUT2D eigenvalue weighted by atomic mass is 16.5. The van der Waals surface area contributed by atoms with E-state index in [-0.39, 0.29) is 0 Å². The fraction of sp³-hybridized carbons (Fsp3) is 0.600. The number of nitrogens with one attached hydrogen (secondary N) is 2. The molecule has 14 heavy (non-hydrogen) atoms. The van der Waals surface area contributed by atoms with E-state index in [2.05, 4.69) is 10.6 Å². The third kappa shape index (κ3) is 2.83. The van der Waals surface area contributed by atoms with E-state index in [0.29, 0.717) is 6.10 Å². The second-order valence-corrected chi connectivity index (χ2v) is 3.46. The summed E-state index contributed by atoms with van der Waals surface area (Å²) in [5.41, 5.74) is 1.17. The van der Waals surface area contributed by atoms with Gasteiger partial charge in [0.25, 0.3) is 0 Å². The molecule has 1 saturated heterocycles. The minimum absolute atomic E-state index is 0.302. The Morgan fingerprint density at radius 1 is 1.57 bits per heavy atom. The van der Waals surface area contributed by atoms with Crippen LogP contribution in [-0.2, 0) is 11.3 Å². The molecule has 0 spiro atoms. The lowest BCUT2D eigenvalue weighted by atomic mass is 10.3. The number of furan rings is 1. The molecule has 2 rings (SSSR count). The lowest BCUT2D eigenvalue weighted by Gasteiger charge is -2.23. The molecule has 1 aromatic rings. The van der Waals surface area contributed by atoms with Crippen molar-refractivity contribution < 1.29 is 9.15 Å². The first-order valence-electron chi connectivity index (χ1n) is 4.99. The van der Waals surface area contributed by atoms with Crippen molar-refractivity contribution in [3.8, 4) is 0 Å². The molecule has 0 bridgehead atoms. The molecule has 1 aliphatic heterocycles. The van der Waals surface area contributed by atoms with Crippen LogP contribution in [0.2, 0.25) is 0 Å². The topological polar surface area (TPSA) is 46.4 Å². The van der Waals surface area contributed by atoms with E-state index in [9.17, 15) is 0 Å². The normalized spacial score (nSPS) is 22.4. The van der Waals surface area contributed by atoms with Crippen molar-refractivity contribution in [1.29, 1.82) is 0 Å². The first-order chi connectivity index (χ1) is 6.95. The summed E-state index contributed by atoms with van der Waals surface area (Å²) in [7, 11) is 0. The van der Waals surface area contributed by atoms with Crippen molar-refractivity contribution in [3.63, 3.8) is 0 Å². The number of morpholine rings is 1. The first kappa shape index (κ1) is 9.71. The average Bonchev–Trinajstić information content (AvgIpc) is 2.72. The van der Waals surface area contributed by atoms with Crippen LogP contribution in [0.4, 0.5) is 0 Å². The highest BCUT2D eigenvalue weighted by Crippen LogP contribution is 1.99. The van der Waals surface area contributed by atoms with Crippen molar-refractivity contribution in [1.82, 2.24) is 10.6 Å². The quantitative estimate of drug-likeness (QED) is 0.730. The van der Waals surface area contributed by atoms with Gasteiger partial charge in [0.2, 0.25) is 0 Å². The summed E-state index contributed by atoms with van der Waals surface area (Å²) in [6.07, 6.45) is 3.75. The molecule has 1 aromatic heterocycles. The van der Waals surface area contributed by atoms with E-state index in [0.717, 1.165) is 32.8 Å². The van der Waals surface area contributed by atoms with E-state index in [4.69, 9.17) is 9.15 Å². The molecule has 78 valence electrons. The van der Waals surface area contributed by atoms with Crippen LogP contribution in [0.3, 0.4) is 0 Å². The maximum absolute atomic E-state index is 5.55. The summed E-state index contributed by atoms with van der Waals surface area (Å²) in [6.45, 7) is 4.46. The van der Waals surface area contributed by atoms with Gasteiger partial charge in [0.15, 0.2) is 0 Å². The molecule has 2 heterocycles. The summed E-state index contributed by atoms with van der Waals surface area (Å²) in [5.74, 6) is 0. The second-order valence-electron chi connectivity index (χ2n) is 3.46. The molecule has 2 N–H and O–H groups in total. The maximum atomic E-state index is 5.55. The van der Waals surface area contributed by atoms with Gasteiger partial charge in [0.1, 0.15) is 0 Å². The molecule has 0 amide bonds. The number of hydrogen-bond donors (Lipinski definition) is 2. The minimum Gasteiger partial charge on any atom is -0.472 e. The summed E-state index contributed by atoms with van der Waals surface area (Å²) >= 11 is 0. The summed E-state index contributed by atoms with van der Waals surface area (Å²) in [6, 6.07) is 1.97. The van der Waals surface area contributed by atoms with Crippen molar-refractivity contribution >= 4 is 0 Å². The van der Waals surface area contributed by atoms with Gasteiger partial charge >= 0.3 is 0 Å². The first-order valence-corrected chi connectivity index (χ1v) is 4.99. The van der Waals surface area contributed by atoms with Gasteiger partial charge in [-0.15, -0.1) is 0 Å². The monoisotopic (exact) mass is 196 g/mol. The Kier molecular flexibility index (Phi) is 3.57. The van der Waals surface area contributed by atoms with Gasteiger partial charge in [-0.05, 0) is 6.07 Å². The van der Waals surface area contributed by atoms with E-state index in [1.54, 1.807) is 12.5 Å². The lowest BCUT2D eigenvalue weighted by Crippen LogP contribution is -2.43. The molecule has 0 aromatic carbocycles.